The van der Waals surface area contributed by atoms with Crippen molar-refractivity contribution in [3.63, 3.8) is 0 Å². The highest BCUT2D eigenvalue weighted by Crippen LogP contribution is 2.23. The van der Waals surface area contributed by atoms with Crippen LogP contribution in [-0.4, -0.2) is 12.5 Å². The number of anilines is 1. The molecule has 0 unspecified atom stereocenters. The van der Waals surface area contributed by atoms with Gasteiger partial charge in [0.25, 0.3) is 5.91 Å². The Kier molecular flexibility index (Phi) is 5.86. The lowest BCUT2D eigenvalue weighted by Gasteiger charge is -2.15. The highest BCUT2D eigenvalue weighted by molar-refractivity contribution is 7.10. The first kappa shape index (κ1) is 18.4. The quantitative estimate of drug-likeness (QED) is 0.682. The molecule has 3 rings (SSSR count). The number of thiophene rings is 1. The normalized spacial score (nSPS) is 12.0. The highest BCUT2D eigenvalue weighted by atomic mass is 32.1. The van der Waals surface area contributed by atoms with Crippen LogP contribution >= 0.6 is 11.3 Å². The Hall–Kier alpha value is -2.43. The molecule has 3 aromatic rings. The molecule has 0 radical (unpaired) electrons. The average molecular weight is 366 g/mol. The van der Waals surface area contributed by atoms with E-state index in [1.165, 1.54) is 21.6 Å². The minimum absolute atomic E-state index is 0.0191. The first-order chi connectivity index (χ1) is 12.5. The molecule has 134 valence electrons. The second-order valence-electron chi connectivity index (χ2n) is 6.71. The van der Waals surface area contributed by atoms with Gasteiger partial charge in [-0.1, -0.05) is 53.6 Å². The van der Waals surface area contributed by atoms with E-state index in [0.29, 0.717) is 6.54 Å². The number of hydrogen-bond acceptors (Lipinski definition) is 2. The van der Waals surface area contributed by atoms with Crippen molar-refractivity contribution in [1.29, 1.82) is 0 Å². The van der Waals surface area contributed by atoms with Crippen molar-refractivity contribution in [3.05, 3.63) is 87.1 Å². The predicted octanol–water partition coefficient (Wildman–Crippen LogP) is 3.96. The molecule has 1 atom stereocenters. The summed E-state index contributed by atoms with van der Waals surface area (Å²) in [5.41, 5.74) is 5.64. The first-order valence-electron chi connectivity index (χ1n) is 8.83. The lowest BCUT2D eigenvalue weighted by atomic mass is 10.0. The van der Waals surface area contributed by atoms with Crippen LogP contribution in [0.3, 0.4) is 0 Å². The third-order valence-corrected chi connectivity index (χ3v) is 5.44. The van der Waals surface area contributed by atoms with Crippen molar-refractivity contribution < 1.29 is 10.1 Å². The summed E-state index contributed by atoms with van der Waals surface area (Å²) in [7, 11) is 0. The maximum Gasteiger partial charge on any atom is 0.279 e. The zero-order valence-corrected chi connectivity index (χ0v) is 16.3. The summed E-state index contributed by atoms with van der Waals surface area (Å²) in [6.45, 7) is 6.54. The van der Waals surface area contributed by atoms with Crippen LogP contribution in [0, 0.1) is 20.8 Å². The van der Waals surface area contributed by atoms with Crippen LogP contribution in [0.25, 0.3) is 0 Å². The van der Waals surface area contributed by atoms with E-state index >= 15 is 0 Å². The largest absolute Gasteiger partial charge is 0.328 e. The van der Waals surface area contributed by atoms with E-state index in [1.807, 2.05) is 19.1 Å². The monoisotopic (exact) mass is 365 g/mol. The molecule has 0 aliphatic rings. The number of rotatable bonds is 6. The number of amides is 1. The van der Waals surface area contributed by atoms with Gasteiger partial charge in [-0.15, -0.1) is 11.3 Å². The molecule has 0 bridgehead atoms. The molecule has 0 aliphatic carbocycles. The van der Waals surface area contributed by atoms with Gasteiger partial charge < -0.3 is 10.6 Å². The fraction of sp³-hybridized carbons (Fsp3) is 0.227. The molecule has 1 aromatic heterocycles. The Morgan fingerprint density at radius 1 is 1.04 bits per heavy atom. The van der Waals surface area contributed by atoms with E-state index in [9.17, 15) is 4.79 Å². The molecule has 0 saturated heterocycles. The number of nitrogens with two attached hydrogens (primary N) is 1. The van der Waals surface area contributed by atoms with Crippen molar-refractivity contribution in [2.75, 3.05) is 11.9 Å². The van der Waals surface area contributed by atoms with Gasteiger partial charge in [0.05, 0.1) is 4.88 Å². The summed E-state index contributed by atoms with van der Waals surface area (Å²) >= 11 is 1.73. The zero-order chi connectivity index (χ0) is 18.5. The van der Waals surface area contributed by atoms with Crippen molar-refractivity contribution in [1.82, 2.24) is 0 Å². The third-order valence-electron chi connectivity index (χ3n) is 4.48. The topological polar surface area (TPSA) is 45.7 Å². The molecule has 1 amide bonds. The van der Waals surface area contributed by atoms with E-state index < -0.39 is 0 Å². The highest BCUT2D eigenvalue weighted by Gasteiger charge is 2.20. The molecule has 3 nitrogen and oxygen atoms in total. The SMILES string of the molecule is Cc1ccc([C@@H]([NH2+]CC(=O)Nc2ccc(C)cc2C)c2cccs2)cc1. The molecular weight excluding hydrogens is 340 g/mol. The molecular formula is C22H25N2OS+. The van der Waals surface area contributed by atoms with Gasteiger partial charge in [0, 0.05) is 11.3 Å². The Morgan fingerprint density at radius 2 is 1.77 bits per heavy atom. The molecule has 2 aromatic carbocycles. The summed E-state index contributed by atoms with van der Waals surface area (Å²) in [6.07, 6.45) is 0. The maximum atomic E-state index is 12.5. The Morgan fingerprint density at radius 3 is 2.42 bits per heavy atom. The summed E-state index contributed by atoms with van der Waals surface area (Å²) in [4.78, 5) is 13.7. The van der Waals surface area contributed by atoms with Crippen LogP contribution in [0.15, 0.2) is 60.0 Å². The maximum absolute atomic E-state index is 12.5. The van der Waals surface area contributed by atoms with Gasteiger partial charge in [0.2, 0.25) is 0 Å². The van der Waals surface area contributed by atoms with Gasteiger partial charge in [0.15, 0.2) is 6.54 Å². The fourth-order valence-corrected chi connectivity index (χ4v) is 3.89. The number of quaternary nitrogens is 1. The number of benzene rings is 2. The standard InChI is InChI=1S/C22H24N2OS/c1-15-6-9-18(10-7-15)22(20-5-4-12-26-20)23-14-21(25)24-19-11-8-16(2)13-17(19)3/h4-13,22-23H,14H2,1-3H3,(H,24,25)/p+1/t22-/m1/s1. The smallest absolute Gasteiger partial charge is 0.279 e. The van der Waals surface area contributed by atoms with Gasteiger partial charge in [-0.05, 0) is 43.8 Å². The molecule has 0 spiro atoms. The second kappa shape index (κ2) is 8.30. The van der Waals surface area contributed by atoms with Gasteiger partial charge in [-0.2, -0.15) is 0 Å². The van der Waals surface area contributed by atoms with E-state index in [1.54, 1.807) is 11.3 Å². The van der Waals surface area contributed by atoms with Gasteiger partial charge in [0.1, 0.15) is 6.04 Å². The van der Waals surface area contributed by atoms with Crippen molar-refractivity contribution in [2.45, 2.75) is 26.8 Å². The van der Waals surface area contributed by atoms with Crippen molar-refractivity contribution in [3.8, 4) is 0 Å². The molecule has 1 heterocycles. The molecule has 26 heavy (non-hydrogen) atoms. The van der Waals surface area contributed by atoms with Gasteiger partial charge in [-0.25, -0.2) is 0 Å². The molecule has 3 N–H and O–H groups in total. The Bertz CT molecular complexity index is 870. The van der Waals surface area contributed by atoms with Crippen molar-refractivity contribution >= 4 is 22.9 Å². The molecule has 0 saturated carbocycles. The van der Waals surface area contributed by atoms with Crippen LogP contribution in [0.4, 0.5) is 5.69 Å². The summed E-state index contributed by atoms with van der Waals surface area (Å²) < 4.78 is 0. The third kappa shape index (κ3) is 4.59. The van der Waals surface area contributed by atoms with Crippen molar-refractivity contribution in [2.24, 2.45) is 0 Å². The van der Waals surface area contributed by atoms with Crippen LogP contribution in [0.2, 0.25) is 0 Å². The van der Waals surface area contributed by atoms with Crippen LogP contribution in [-0.2, 0) is 4.79 Å². The number of aryl methyl sites for hydroxylation is 3. The van der Waals surface area contributed by atoms with Gasteiger partial charge in [-0.3, -0.25) is 4.79 Å². The lowest BCUT2D eigenvalue weighted by Crippen LogP contribution is -2.87. The predicted molar refractivity (Wildman–Crippen MR) is 109 cm³/mol. The number of carbonyl (C=O) groups is 1. The second-order valence-corrected chi connectivity index (χ2v) is 7.69. The minimum atomic E-state index is 0.0191. The summed E-state index contributed by atoms with van der Waals surface area (Å²) in [5.74, 6) is 0.0191. The minimum Gasteiger partial charge on any atom is -0.328 e. The Labute approximate surface area is 159 Å². The van der Waals surface area contributed by atoms with Gasteiger partial charge >= 0.3 is 0 Å². The van der Waals surface area contributed by atoms with E-state index in [4.69, 9.17) is 0 Å². The number of nitrogens with one attached hydrogen (secondary N) is 1. The average Bonchev–Trinajstić information content (AvgIpc) is 3.13. The zero-order valence-electron chi connectivity index (χ0n) is 15.5. The Balaban J connectivity index is 1.69. The van der Waals surface area contributed by atoms with Crippen LogP contribution in [0.1, 0.15) is 33.2 Å². The first-order valence-corrected chi connectivity index (χ1v) is 9.71. The molecule has 4 heteroatoms. The lowest BCUT2D eigenvalue weighted by molar-refractivity contribution is -0.675. The van der Waals surface area contributed by atoms with Crippen LogP contribution in [0.5, 0.6) is 0 Å². The fourth-order valence-electron chi connectivity index (χ4n) is 3.04. The van der Waals surface area contributed by atoms with E-state index in [2.05, 4.69) is 72.3 Å². The number of hydrogen-bond donors (Lipinski definition) is 2. The molecule has 0 aliphatic heterocycles. The van der Waals surface area contributed by atoms with Crippen LogP contribution < -0.4 is 10.6 Å². The summed E-state index contributed by atoms with van der Waals surface area (Å²) in [5, 5.41) is 7.22. The van der Waals surface area contributed by atoms with E-state index in [0.717, 1.165) is 11.3 Å². The summed E-state index contributed by atoms with van der Waals surface area (Å²) in [6, 6.07) is 19.0. The molecule has 0 fully saturated rings. The number of carbonyl (C=O) groups excluding carboxylic acids is 1. The van der Waals surface area contributed by atoms with E-state index in [-0.39, 0.29) is 11.9 Å².